The summed E-state index contributed by atoms with van der Waals surface area (Å²) in [6.07, 6.45) is 5.04. The molecule has 3 unspecified atom stereocenters. The average Bonchev–Trinajstić information content (AvgIpc) is 3.07. The van der Waals surface area contributed by atoms with Gasteiger partial charge in [-0.1, -0.05) is 0 Å². The molecule has 0 radical (unpaired) electrons. The fraction of sp³-hybridized carbons (Fsp3) is 0.588. The highest BCUT2D eigenvalue weighted by Gasteiger charge is 2.48. The van der Waals surface area contributed by atoms with Gasteiger partial charge in [0.05, 0.1) is 0 Å². The Balaban J connectivity index is 1.65. The van der Waals surface area contributed by atoms with Crippen LogP contribution in [0.25, 0.3) is 0 Å². The van der Waals surface area contributed by atoms with Crippen LogP contribution in [0.1, 0.15) is 42.9 Å². The van der Waals surface area contributed by atoms with Crippen molar-refractivity contribution in [2.45, 2.75) is 38.1 Å². The van der Waals surface area contributed by atoms with E-state index in [9.17, 15) is 9.18 Å². The van der Waals surface area contributed by atoms with Gasteiger partial charge in [0.1, 0.15) is 5.82 Å². The first-order chi connectivity index (χ1) is 10.2. The fourth-order valence-electron chi connectivity index (χ4n) is 4.34. The van der Waals surface area contributed by atoms with E-state index in [4.69, 9.17) is 0 Å². The Hall–Kier alpha value is -1.42. The van der Waals surface area contributed by atoms with Gasteiger partial charge in [0.2, 0.25) is 5.91 Å². The molecule has 2 aliphatic carbocycles. The molecular weight excluding hydrogens is 267 g/mol. The highest BCUT2D eigenvalue weighted by molar-refractivity contribution is 5.93. The first-order valence-electron chi connectivity index (χ1n) is 7.95. The lowest BCUT2D eigenvalue weighted by molar-refractivity contribution is -0.116. The van der Waals surface area contributed by atoms with Crippen LogP contribution in [0.3, 0.4) is 0 Å². The van der Waals surface area contributed by atoms with Crippen molar-refractivity contribution in [3.05, 3.63) is 29.1 Å². The Kier molecular flexibility index (Phi) is 3.03. The lowest BCUT2D eigenvalue weighted by Gasteiger charge is -2.27. The summed E-state index contributed by atoms with van der Waals surface area (Å²) in [4.78, 5) is 11.4. The Morgan fingerprint density at radius 3 is 2.71 bits per heavy atom. The minimum Gasteiger partial charge on any atom is -0.326 e. The molecule has 1 aliphatic heterocycles. The monoisotopic (exact) mass is 288 g/mol. The summed E-state index contributed by atoms with van der Waals surface area (Å²) >= 11 is 0. The van der Waals surface area contributed by atoms with Gasteiger partial charge in [0.15, 0.2) is 0 Å². The van der Waals surface area contributed by atoms with Crippen molar-refractivity contribution in [3.8, 4) is 0 Å². The summed E-state index contributed by atoms with van der Waals surface area (Å²) < 4.78 is 14.5. The summed E-state index contributed by atoms with van der Waals surface area (Å²) in [5, 5.41) is 6.10. The lowest BCUT2D eigenvalue weighted by Crippen LogP contribution is -2.27. The van der Waals surface area contributed by atoms with Gasteiger partial charge in [-0.15, -0.1) is 0 Å². The number of anilines is 1. The van der Waals surface area contributed by atoms with E-state index in [1.807, 2.05) is 13.1 Å². The topological polar surface area (TPSA) is 41.1 Å². The highest BCUT2D eigenvalue weighted by Crippen LogP contribution is 2.57. The molecule has 3 aliphatic rings. The van der Waals surface area contributed by atoms with Gasteiger partial charge in [-0.05, 0) is 68.2 Å². The summed E-state index contributed by atoms with van der Waals surface area (Å²) in [6.45, 7) is 0. The van der Waals surface area contributed by atoms with Crippen LogP contribution in [0.5, 0.6) is 0 Å². The number of hydrogen-bond donors (Lipinski definition) is 2. The maximum Gasteiger partial charge on any atom is 0.224 e. The predicted octanol–water partition coefficient (Wildman–Crippen LogP) is 3.02. The summed E-state index contributed by atoms with van der Waals surface area (Å²) in [7, 11) is 1.93. The van der Waals surface area contributed by atoms with Crippen LogP contribution in [0.4, 0.5) is 10.1 Å². The first-order valence-corrected chi connectivity index (χ1v) is 7.95. The zero-order chi connectivity index (χ0) is 14.6. The van der Waals surface area contributed by atoms with Crippen LogP contribution >= 0.6 is 0 Å². The molecule has 1 aromatic carbocycles. The molecule has 1 amide bonds. The molecule has 0 aromatic heterocycles. The van der Waals surface area contributed by atoms with Gasteiger partial charge in [0.25, 0.3) is 0 Å². The van der Waals surface area contributed by atoms with Crippen LogP contribution < -0.4 is 10.6 Å². The lowest BCUT2D eigenvalue weighted by atomic mass is 9.87. The Morgan fingerprint density at radius 1 is 1.24 bits per heavy atom. The van der Waals surface area contributed by atoms with Crippen molar-refractivity contribution in [2.24, 2.45) is 17.8 Å². The number of nitrogens with one attached hydrogen (secondary N) is 2. The summed E-state index contributed by atoms with van der Waals surface area (Å²) in [6, 6.07) is 3.57. The molecule has 3 atom stereocenters. The molecule has 2 N–H and O–H groups in total. The largest absolute Gasteiger partial charge is 0.326 e. The van der Waals surface area contributed by atoms with Gasteiger partial charge in [-0.3, -0.25) is 4.79 Å². The first kappa shape index (κ1) is 13.3. The number of carbonyl (C=O) groups excluding carboxylic acids is 1. The Bertz CT molecular complexity index is 591. The minimum atomic E-state index is -0.198. The second-order valence-electron chi connectivity index (χ2n) is 6.83. The van der Waals surface area contributed by atoms with Gasteiger partial charge in [-0.2, -0.15) is 0 Å². The fourth-order valence-corrected chi connectivity index (χ4v) is 4.34. The summed E-state index contributed by atoms with van der Waals surface area (Å²) in [5.74, 6) is 2.12. The number of fused-ring (bicyclic) bond motifs is 2. The van der Waals surface area contributed by atoms with Crippen LogP contribution in [0, 0.1) is 23.6 Å². The molecule has 4 heteroatoms. The van der Waals surface area contributed by atoms with Crippen molar-refractivity contribution < 1.29 is 9.18 Å². The van der Waals surface area contributed by atoms with Crippen LogP contribution in [0.2, 0.25) is 0 Å². The molecule has 0 saturated heterocycles. The summed E-state index contributed by atoms with van der Waals surface area (Å²) in [5.41, 5.74) is 2.49. The molecule has 2 fully saturated rings. The standard InChI is InChI=1S/C17H21FN2O/c1-19-17(12-5-10-4-11(10)6-12)13-7-9-2-3-16(21)20-15(9)8-14(13)18/h7-8,10-12,17,19H,2-6H2,1H3,(H,20,21). The molecule has 0 spiro atoms. The number of hydrogen-bond acceptors (Lipinski definition) is 2. The van der Waals surface area contributed by atoms with E-state index < -0.39 is 0 Å². The molecule has 112 valence electrons. The molecule has 21 heavy (non-hydrogen) atoms. The number of benzene rings is 1. The van der Waals surface area contributed by atoms with Crippen LogP contribution in [0.15, 0.2) is 12.1 Å². The van der Waals surface area contributed by atoms with Gasteiger partial charge < -0.3 is 10.6 Å². The third-order valence-corrected chi connectivity index (χ3v) is 5.52. The normalized spacial score (nSPS) is 31.3. The van der Waals surface area contributed by atoms with Crippen molar-refractivity contribution >= 4 is 11.6 Å². The van der Waals surface area contributed by atoms with Gasteiger partial charge in [0, 0.05) is 23.7 Å². The number of halogens is 1. The molecule has 4 rings (SSSR count). The smallest absolute Gasteiger partial charge is 0.224 e. The average molecular weight is 288 g/mol. The van der Waals surface area contributed by atoms with E-state index in [1.54, 1.807) is 0 Å². The van der Waals surface area contributed by atoms with E-state index in [0.29, 0.717) is 24.4 Å². The SMILES string of the molecule is CNC(c1cc2c(cc1F)NC(=O)CC2)C1CC2CC2C1. The number of amides is 1. The van der Waals surface area contributed by atoms with Crippen LogP contribution in [-0.4, -0.2) is 13.0 Å². The maximum atomic E-state index is 14.5. The van der Waals surface area contributed by atoms with Crippen LogP contribution in [-0.2, 0) is 11.2 Å². The van der Waals surface area contributed by atoms with E-state index >= 15 is 0 Å². The number of carbonyl (C=O) groups is 1. The van der Waals surface area contributed by atoms with Crippen molar-refractivity contribution in [2.75, 3.05) is 12.4 Å². The zero-order valence-electron chi connectivity index (χ0n) is 12.3. The molecule has 1 heterocycles. The second kappa shape index (κ2) is 4.80. The quantitative estimate of drug-likeness (QED) is 0.897. The third kappa shape index (κ3) is 2.26. The minimum absolute atomic E-state index is 0.0179. The Morgan fingerprint density at radius 2 is 2.00 bits per heavy atom. The van der Waals surface area contributed by atoms with Crippen molar-refractivity contribution in [1.82, 2.24) is 5.32 Å². The van der Waals surface area contributed by atoms with Gasteiger partial charge in [-0.25, -0.2) is 4.39 Å². The van der Waals surface area contributed by atoms with E-state index in [1.165, 1.54) is 25.3 Å². The molecule has 1 aromatic rings. The van der Waals surface area contributed by atoms with E-state index in [2.05, 4.69) is 10.6 Å². The van der Waals surface area contributed by atoms with E-state index in [-0.39, 0.29) is 17.8 Å². The van der Waals surface area contributed by atoms with E-state index in [0.717, 1.165) is 23.0 Å². The zero-order valence-corrected chi connectivity index (χ0v) is 12.3. The number of rotatable bonds is 3. The highest BCUT2D eigenvalue weighted by atomic mass is 19.1. The molecule has 3 nitrogen and oxygen atoms in total. The third-order valence-electron chi connectivity index (χ3n) is 5.52. The predicted molar refractivity (Wildman–Crippen MR) is 79.5 cm³/mol. The maximum absolute atomic E-state index is 14.5. The number of aryl methyl sites for hydroxylation is 1. The van der Waals surface area contributed by atoms with Crippen molar-refractivity contribution in [1.29, 1.82) is 0 Å². The van der Waals surface area contributed by atoms with Crippen molar-refractivity contribution in [3.63, 3.8) is 0 Å². The van der Waals surface area contributed by atoms with Gasteiger partial charge >= 0.3 is 0 Å². The molecule has 2 saturated carbocycles. The Labute approximate surface area is 124 Å². The second-order valence-corrected chi connectivity index (χ2v) is 6.83. The molecule has 0 bridgehead atoms. The molecular formula is C17H21FN2O.